The number of hydrogen-bond acceptors (Lipinski definition) is 1. The van der Waals surface area contributed by atoms with E-state index in [0.717, 1.165) is 0 Å². The zero-order valence-corrected chi connectivity index (χ0v) is 14.4. The van der Waals surface area contributed by atoms with Crippen LogP contribution in [0.3, 0.4) is 0 Å². The van der Waals surface area contributed by atoms with Crippen LogP contribution in [0.2, 0.25) is 0 Å². The number of halogens is 2. The van der Waals surface area contributed by atoms with Crippen LogP contribution in [-0.4, -0.2) is 4.57 Å². The fraction of sp³-hybridized carbons (Fsp3) is 0.0667. The molecule has 0 radical (unpaired) electrons. The molecule has 1 aromatic heterocycles. The molecule has 3 aromatic rings. The second-order valence-electron chi connectivity index (χ2n) is 4.21. The predicted octanol–water partition coefficient (Wildman–Crippen LogP) is 5.12. The SMILES string of the molecule is C=COCn1c2ccc(I)cc2c2cc(I)ccc21. The van der Waals surface area contributed by atoms with Crippen LogP contribution in [0.25, 0.3) is 21.8 Å². The number of benzene rings is 2. The van der Waals surface area contributed by atoms with Gasteiger partial charge in [-0.25, -0.2) is 0 Å². The summed E-state index contributed by atoms with van der Waals surface area (Å²) in [6, 6.07) is 13.0. The standard InChI is InChI=1S/C15H11I2NO/c1-2-19-9-18-14-5-3-10(16)7-12(14)13-8-11(17)4-6-15(13)18/h2-8H,1,9H2. The molecule has 0 amide bonds. The van der Waals surface area contributed by atoms with Crippen LogP contribution in [0.15, 0.2) is 49.2 Å². The summed E-state index contributed by atoms with van der Waals surface area (Å²) in [5, 5.41) is 2.54. The Bertz CT molecular complexity index is 717. The van der Waals surface area contributed by atoms with Gasteiger partial charge in [0.1, 0.15) is 0 Å². The van der Waals surface area contributed by atoms with Gasteiger partial charge in [-0.2, -0.15) is 0 Å². The van der Waals surface area contributed by atoms with Crippen molar-refractivity contribution in [2.45, 2.75) is 6.73 Å². The largest absolute Gasteiger partial charge is 0.481 e. The van der Waals surface area contributed by atoms with E-state index in [1.807, 2.05) is 0 Å². The number of rotatable bonds is 3. The maximum Gasteiger partial charge on any atom is 0.164 e. The summed E-state index contributed by atoms with van der Waals surface area (Å²) in [6.07, 6.45) is 1.48. The summed E-state index contributed by atoms with van der Waals surface area (Å²) in [7, 11) is 0. The molecule has 1 heterocycles. The topological polar surface area (TPSA) is 14.2 Å². The van der Waals surface area contributed by atoms with Crippen molar-refractivity contribution in [2.75, 3.05) is 0 Å². The highest BCUT2D eigenvalue weighted by Crippen LogP contribution is 2.31. The van der Waals surface area contributed by atoms with Gasteiger partial charge in [0, 0.05) is 17.9 Å². The van der Waals surface area contributed by atoms with Gasteiger partial charge in [0.25, 0.3) is 0 Å². The van der Waals surface area contributed by atoms with Gasteiger partial charge >= 0.3 is 0 Å². The molecule has 96 valence electrons. The predicted molar refractivity (Wildman–Crippen MR) is 96.2 cm³/mol. The van der Waals surface area contributed by atoms with E-state index < -0.39 is 0 Å². The van der Waals surface area contributed by atoms with Crippen molar-refractivity contribution in [2.24, 2.45) is 0 Å². The molecular formula is C15H11I2NO. The first-order chi connectivity index (χ1) is 9.20. The first-order valence-electron chi connectivity index (χ1n) is 5.80. The minimum atomic E-state index is 0.491. The smallest absolute Gasteiger partial charge is 0.164 e. The minimum Gasteiger partial charge on any atom is -0.481 e. The van der Waals surface area contributed by atoms with Gasteiger partial charge < -0.3 is 9.30 Å². The molecule has 0 aliphatic carbocycles. The zero-order valence-electron chi connectivity index (χ0n) is 10.1. The first kappa shape index (κ1) is 13.2. The summed E-state index contributed by atoms with van der Waals surface area (Å²) in [5.74, 6) is 0. The molecule has 2 aromatic carbocycles. The fourth-order valence-electron chi connectivity index (χ4n) is 2.31. The second kappa shape index (κ2) is 5.32. The maximum atomic E-state index is 5.38. The Morgan fingerprint density at radius 2 is 1.53 bits per heavy atom. The second-order valence-corrected chi connectivity index (χ2v) is 6.70. The highest BCUT2D eigenvalue weighted by atomic mass is 127. The molecule has 0 bridgehead atoms. The summed E-state index contributed by atoms with van der Waals surface area (Å²) in [6.45, 7) is 4.10. The van der Waals surface area contributed by atoms with Gasteiger partial charge in [0.15, 0.2) is 6.73 Å². The van der Waals surface area contributed by atoms with Crippen LogP contribution < -0.4 is 0 Å². The molecule has 0 saturated carbocycles. The maximum absolute atomic E-state index is 5.38. The lowest BCUT2D eigenvalue weighted by Crippen LogP contribution is -1.98. The van der Waals surface area contributed by atoms with Crippen molar-refractivity contribution >= 4 is 67.0 Å². The van der Waals surface area contributed by atoms with Crippen LogP contribution >= 0.6 is 45.2 Å². The quantitative estimate of drug-likeness (QED) is 0.379. The third-order valence-corrected chi connectivity index (χ3v) is 4.45. The Hall–Kier alpha value is -0.760. The third kappa shape index (κ3) is 2.35. The van der Waals surface area contributed by atoms with Gasteiger partial charge in [-0.05, 0) is 81.6 Å². The van der Waals surface area contributed by atoms with E-state index in [2.05, 4.69) is 92.7 Å². The lowest BCUT2D eigenvalue weighted by Gasteiger charge is -2.06. The zero-order chi connectivity index (χ0) is 13.4. The molecular weight excluding hydrogens is 464 g/mol. The normalized spacial score (nSPS) is 11.1. The number of ether oxygens (including phenoxy) is 1. The molecule has 0 aliphatic heterocycles. The summed E-state index contributed by atoms with van der Waals surface area (Å²) in [5.41, 5.74) is 2.39. The van der Waals surface area contributed by atoms with Crippen molar-refractivity contribution in [3.05, 3.63) is 56.4 Å². The third-order valence-electron chi connectivity index (χ3n) is 3.11. The average molecular weight is 475 g/mol. The summed E-state index contributed by atoms with van der Waals surface area (Å²) < 4.78 is 10.0. The molecule has 19 heavy (non-hydrogen) atoms. The lowest BCUT2D eigenvalue weighted by atomic mass is 10.2. The Labute approximate surface area is 138 Å². The first-order valence-corrected chi connectivity index (χ1v) is 7.96. The number of hydrogen-bond donors (Lipinski definition) is 0. The van der Waals surface area contributed by atoms with Crippen LogP contribution in [0, 0.1) is 7.14 Å². The fourth-order valence-corrected chi connectivity index (χ4v) is 3.30. The van der Waals surface area contributed by atoms with E-state index in [0.29, 0.717) is 6.73 Å². The molecule has 0 aliphatic rings. The molecule has 2 nitrogen and oxygen atoms in total. The van der Waals surface area contributed by atoms with Gasteiger partial charge in [-0.1, -0.05) is 6.58 Å². The minimum absolute atomic E-state index is 0.491. The summed E-state index contributed by atoms with van der Waals surface area (Å²) in [4.78, 5) is 0. The van der Waals surface area contributed by atoms with Gasteiger partial charge in [0.2, 0.25) is 0 Å². The Morgan fingerprint density at radius 3 is 2.00 bits per heavy atom. The van der Waals surface area contributed by atoms with Crippen LogP contribution in [0.5, 0.6) is 0 Å². The van der Waals surface area contributed by atoms with E-state index in [-0.39, 0.29) is 0 Å². The van der Waals surface area contributed by atoms with Crippen molar-refractivity contribution in [1.29, 1.82) is 0 Å². The molecule has 0 atom stereocenters. The number of fused-ring (bicyclic) bond motifs is 3. The Morgan fingerprint density at radius 1 is 1.00 bits per heavy atom. The van der Waals surface area contributed by atoms with E-state index in [1.54, 1.807) is 0 Å². The average Bonchev–Trinajstić information content (AvgIpc) is 2.69. The van der Waals surface area contributed by atoms with Crippen LogP contribution in [-0.2, 0) is 11.5 Å². The number of nitrogens with zero attached hydrogens (tertiary/aromatic N) is 1. The molecule has 0 spiro atoms. The van der Waals surface area contributed by atoms with E-state index in [1.165, 1.54) is 35.2 Å². The molecule has 0 fully saturated rings. The Balaban J connectivity index is 2.39. The van der Waals surface area contributed by atoms with Crippen LogP contribution in [0.1, 0.15) is 0 Å². The van der Waals surface area contributed by atoms with Gasteiger partial charge in [0.05, 0.1) is 17.3 Å². The van der Waals surface area contributed by atoms with Gasteiger partial charge in [-0.15, -0.1) is 0 Å². The van der Waals surface area contributed by atoms with Crippen LogP contribution in [0.4, 0.5) is 0 Å². The van der Waals surface area contributed by atoms with E-state index in [4.69, 9.17) is 4.74 Å². The van der Waals surface area contributed by atoms with E-state index >= 15 is 0 Å². The monoisotopic (exact) mass is 475 g/mol. The highest BCUT2D eigenvalue weighted by Gasteiger charge is 2.11. The Kier molecular flexibility index (Phi) is 3.70. The molecule has 0 unspecified atom stereocenters. The van der Waals surface area contributed by atoms with Crippen molar-refractivity contribution < 1.29 is 4.74 Å². The van der Waals surface area contributed by atoms with E-state index in [9.17, 15) is 0 Å². The molecule has 0 N–H and O–H groups in total. The lowest BCUT2D eigenvalue weighted by molar-refractivity contribution is 0.184. The van der Waals surface area contributed by atoms with Crippen molar-refractivity contribution in [3.8, 4) is 0 Å². The number of aromatic nitrogens is 1. The highest BCUT2D eigenvalue weighted by molar-refractivity contribution is 14.1. The van der Waals surface area contributed by atoms with Gasteiger partial charge in [-0.3, -0.25) is 0 Å². The molecule has 0 saturated heterocycles. The summed E-state index contributed by atoms with van der Waals surface area (Å²) >= 11 is 4.70. The molecule has 3 rings (SSSR count). The van der Waals surface area contributed by atoms with Crippen molar-refractivity contribution in [3.63, 3.8) is 0 Å². The molecule has 4 heteroatoms. The van der Waals surface area contributed by atoms with Crippen molar-refractivity contribution in [1.82, 2.24) is 4.57 Å².